The Morgan fingerprint density at radius 1 is 1.12 bits per heavy atom. The lowest BCUT2D eigenvalue weighted by molar-refractivity contribution is 0.141. The van der Waals surface area contributed by atoms with Crippen LogP contribution in [0.3, 0.4) is 0 Å². The highest BCUT2D eigenvalue weighted by atomic mass is 16.6. The fraction of sp³-hybridized carbons (Fsp3) is 0.538. The van der Waals surface area contributed by atoms with Gasteiger partial charge < -0.3 is 9.57 Å². The Hall–Kier alpha value is -1.06. The van der Waals surface area contributed by atoms with Gasteiger partial charge in [0.1, 0.15) is 5.75 Å². The molecule has 0 aromatic heterocycles. The molecule has 0 amide bonds. The summed E-state index contributed by atoms with van der Waals surface area (Å²) in [6.45, 7) is 0.558. The van der Waals surface area contributed by atoms with Gasteiger partial charge in [-0.3, -0.25) is 0 Å². The molecular weight excluding hydrogens is 202 g/mol. The molecule has 0 unspecified atom stereocenters. The van der Waals surface area contributed by atoms with Crippen molar-refractivity contribution in [1.29, 1.82) is 0 Å². The third-order valence-electron chi connectivity index (χ3n) is 3.04. The van der Waals surface area contributed by atoms with Crippen LogP contribution in [0.5, 0.6) is 5.75 Å². The van der Waals surface area contributed by atoms with Crippen molar-refractivity contribution in [3.05, 3.63) is 29.8 Å². The first kappa shape index (κ1) is 11.4. The molecule has 3 nitrogen and oxygen atoms in total. The van der Waals surface area contributed by atoms with Gasteiger partial charge in [0.15, 0.2) is 0 Å². The van der Waals surface area contributed by atoms with Crippen LogP contribution in [0.4, 0.5) is 0 Å². The Kier molecular flexibility index (Phi) is 4.19. The van der Waals surface area contributed by atoms with Gasteiger partial charge in [0.25, 0.3) is 0 Å². The highest BCUT2D eigenvalue weighted by molar-refractivity contribution is 5.27. The van der Waals surface area contributed by atoms with Gasteiger partial charge in [0.05, 0.1) is 12.7 Å². The summed E-state index contributed by atoms with van der Waals surface area (Å²) >= 11 is 0. The van der Waals surface area contributed by atoms with E-state index in [1.165, 1.54) is 31.2 Å². The molecule has 0 spiro atoms. The van der Waals surface area contributed by atoms with E-state index in [1.54, 1.807) is 0 Å². The maximum absolute atomic E-state index is 5.88. The smallest absolute Gasteiger partial charge is 0.119 e. The first-order valence-electron chi connectivity index (χ1n) is 5.96. The van der Waals surface area contributed by atoms with Crippen LogP contribution in [-0.4, -0.2) is 12.7 Å². The van der Waals surface area contributed by atoms with Crippen LogP contribution in [0.25, 0.3) is 0 Å². The molecule has 1 fully saturated rings. The van der Waals surface area contributed by atoms with E-state index >= 15 is 0 Å². The van der Waals surface area contributed by atoms with E-state index in [2.05, 4.69) is 17.0 Å². The van der Waals surface area contributed by atoms with E-state index in [9.17, 15) is 0 Å². The van der Waals surface area contributed by atoms with Crippen molar-refractivity contribution in [2.75, 3.05) is 6.61 Å². The zero-order chi connectivity index (χ0) is 11.2. The van der Waals surface area contributed by atoms with Crippen molar-refractivity contribution in [3.63, 3.8) is 0 Å². The Balaban J connectivity index is 1.86. The van der Waals surface area contributed by atoms with Crippen molar-refractivity contribution in [2.45, 2.75) is 38.2 Å². The highest BCUT2D eigenvalue weighted by Gasteiger charge is 2.16. The minimum absolute atomic E-state index is 0.429. The zero-order valence-electron chi connectivity index (χ0n) is 9.52. The second-order valence-electron chi connectivity index (χ2n) is 4.29. The van der Waals surface area contributed by atoms with Gasteiger partial charge in [-0.1, -0.05) is 12.1 Å². The molecule has 1 aliphatic rings. The number of nitrogens with two attached hydrogens (primary N) is 1. The standard InChI is InChI=1S/C13H19NO2/c14-15-10-9-11-5-7-13(8-6-11)16-12-3-1-2-4-12/h5-8,12H,1-4,9-10,14H2. The van der Waals surface area contributed by atoms with E-state index in [4.69, 9.17) is 10.6 Å². The molecule has 88 valence electrons. The van der Waals surface area contributed by atoms with Gasteiger partial charge in [-0.2, -0.15) is 0 Å². The molecule has 1 aromatic rings. The minimum atomic E-state index is 0.429. The molecule has 16 heavy (non-hydrogen) atoms. The molecule has 0 aliphatic heterocycles. The normalized spacial score (nSPS) is 16.6. The fourth-order valence-corrected chi connectivity index (χ4v) is 2.11. The minimum Gasteiger partial charge on any atom is -0.490 e. The summed E-state index contributed by atoms with van der Waals surface area (Å²) in [7, 11) is 0. The fourth-order valence-electron chi connectivity index (χ4n) is 2.11. The second kappa shape index (κ2) is 5.87. The summed E-state index contributed by atoms with van der Waals surface area (Å²) in [4.78, 5) is 4.55. The zero-order valence-corrected chi connectivity index (χ0v) is 9.52. The number of ether oxygens (including phenoxy) is 1. The van der Waals surface area contributed by atoms with Crippen molar-refractivity contribution in [2.24, 2.45) is 5.90 Å². The maximum Gasteiger partial charge on any atom is 0.119 e. The van der Waals surface area contributed by atoms with Crippen LogP contribution >= 0.6 is 0 Å². The lowest BCUT2D eigenvalue weighted by Gasteiger charge is -2.13. The molecule has 2 rings (SSSR count). The number of rotatable bonds is 5. The van der Waals surface area contributed by atoms with Gasteiger partial charge >= 0.3 is 0 Å². The topological polar surface area (TPSA) is 44.5 Å². The Morgan fingerprint density at radius 3 is 2.44 bits per heavy atom. The SMILES string of the molecule is NOCCc1ccc(OC2CCCC2)cc1. The molecule has 0 radical (unpaired) electrons. The van der Waals surface area contributed by atoms with Crippen LogP contribution in [-0.2, 0) is 11.3 Å². The van der Waals surface area contributed by atoms with Crippen molar-refractivity contribution in [3.8, 4) is 5.75 Å². The average molecular weight is 221 g/mol. The van der Waals surface area contributed by atoms with Crippen molar-refractivity contribution >= 4 is 0 Å². The van der Waals surface area contributed by atoms with Gasteiger partial charge in [0.2, 0.25) is 0 Å². The van der Waals surface area contributed by atoms with Gasteiger partial charge in [-0.05, 0) is 49.8 Å². The van der Waals surface area contributed by atoms with Crippen molar-refractivity contribution < 1.29 is 9.57 Å². The Bertz CT molecular complexity index is 304. The Labute approximate surface area is 96.5 Å². The molecule has 3 heteroatoms. The maximum atomic E-state index is 5.88. The summed E-state index contributed by atoms with van der Waals surface area (Å²) in [5, 5.41) is 0. The summed E-state index contributed by atoms with van der Waals surface area (Å²) in [6.07, 6.45) is 6.28. The first-order valence-corrected chi connectivity index (χ1v) is 5.96. The van der Waals surface area contributed by atoms with E-state index in [-0.39, 0.29) is 0 Å². The molecule has 0 bridgehead atoms. The van der Waals surface area contributed by atoms with Crippen LogP contribution in [0.2, 0.25) is 0 Å². The summed E-state index contributed by atoms with van der Waals surface area (Å²) in [5.74, 6) is 5.97. The number of hydrogen-bond acceptors (Lipinski definition) is 3. The van der Waals surface area contributed by atoms with Crippen LogP contribution < -0.4 is 10.6 Å². The molecule has 0 saturated heterocycles. The molecule has 2 N–H and O–H groups in total. The van der Waals surface area contributed by atoms with E-state index in [1.807, 2.05) is 12.1 Å². The van der Waals surface area contributed by atoms with E-state index in [0.29, 0.717) is 12.7 Å². The molecule has 1 aromatic carbocycles. The molecule has 0 heterocycles. The monoisotopic (exact) mass is 221 g/mol. The van der Waals surface area contributed by atoms with Gasteiger partial charge in [-0.15, -0.1) is 0 Å². The van der Waals surface area contributed by atoms with E-state index < -0.39 is 0 Å². The van der Waals surface area contributed by atoms with Gasteiger partial charge in [0, 0.05) is 0 Å². The summed E-state index contributed by atoms with van der Waals surface area (Å²) < 4.78 is 5.88. The molecule has 0 atom stereocenters. The molecular formula is C13H19NO2. The largest absolute Gasteiger partial charge is 0.490 e. The predicted octanol–water partition coefficient (Wildman–Crippen LogP) is 2.44. The second-order valence-corrected chi connectivity index (χ2v) is 4.29. The lowest BCUT2D eigenvalue weighted by Crippen LogP contribution is -2.10. The third-order valence-corrected chi connectivity index (χ3v) is 3.04. The van der Waals surface area contributed by atoms with Crippen LogP contribution in [0, 0.1) is 0 Å². The average Bonchev–Trinajstić information content (AvgIpc) is 2.81. The third kappa shape index (κ3) is 3.22. The molecule has 1 saturated carbocycles. The Morgan fingerprint density at radius 2 is 1.81 bits per heavy atom. The summed E-state index contributed by atoms with van der Waals surface area (Å²) in [5.41, 5.74) is 1.23. The highest BCUT2D eigenvalue weighted by Crippen LogP contribution is 2.24. The number of benzene rings is 1. The first-order chi connectivity index (χ1) is 7.88. The predicted molar refractivity (Wildman–Crippen MR) is 63.2 cm³/mol. The number of hydrogen-bond donors (Lipinski definition) is 1. The van der Waals surface area contributed by atoms with E-state index in [0.717, 1.165) is 12.2 Å². The van der Waals surface area contributed by atoms with Crippen molar-refractivity contribution in [1.82, 2.24) is 0 Å². The van der Waals surface area contributed by atoms with Crippen LogP contribution in [0.15, 0.2) is 24.3 Å². The lowest BCUT2D eigenvalue weighted by atomic mass is 10.1. The van der Waals surface area contributed by atoms with Gasteiger partial charge in [-0.25, -0.2) is 5.90 Å². The quantitative estimate of drug-likeness (QED) is 0.777. The summed E-state index contributed by atoms with van der Waals surface area (Å²) in [6, 6.07) is 8.21. The van der Waals surface area contributed by atoms with Crippen LogP contribution in [0.1, 0.15) is 31.2 Å². The molecule has 1 aliphatic carbocycles.